The van der Waals surface area contributed by atoms with Crippen LogP contribution in [0.25, 0.3) is 11.1 Å². The maximum absolute atomic E-state index is 13.2. The number of esters is 1. The lowest BCUT2D eigenvalue weighted by atomic mass is 9.75. The van der Waals surface area contributed by atoms with Crippen molar-refractivity contribution in [1.29, 1.82) is 0 Å². The Bertz CT molecular complexity index is 1300. The van der Waals surface area contributed by atoms with Gasteiger partial charge in [0.1, 0.15) is 6.10 Å². The Kier molecular flexibility index (Phi) is 7.38. The Morgan fingerprint density at radius 1 is 0.784 bits per heavy atom. The molecule has 3 aromatic rings. The standard InChI is InChI=1S/C29H32O8/c1-15-12-18-13-20(30)25(33-3)27(35-5)22(18)23-19(14-21(31)26(34-4)28(23)36-6)24(16(15)2)37-29(32)17-10-8-7-9-11-17/h7-11,13-16,24,30-31H,12H2,1-6H3/t15-,16-,24-/m1/s1. The predicted molar refractivity (Wildman–Crippen MR) is 138 cm³/mol. The van der Waals surface area contributed by atoms with Gasteiger partial charge in [-0.25, -0.2) is 4.79 Å². The molecule has 0 saturated heterocycles. The predicted octanol–water partition coefficient (Wildman–Crippen LogP) is 5.53. The van der Waals surface area contributed by atoms with Crippen LogP contribution in [0.15, 0.2) is 42.5 Å². The average molecular weight is 509 g/mol. The number of carbonyl (C=O) groups excluding carboxylic acids is 1. The molecule has 0 heterocycles. The zero-order valence-corrected chi connectivity index (χ0v) is 21.8. The number of ether oxygens (including phenoxy) is 5. The summed E-state index contributed by atoms with van der Waals surface area (Å²) in [6.07, 6.45) is -0.212. The van der Waals surface area contributed by atoms with E-state index < -0.39 is 12.1 Å². The largest absolute Gasteiger partial charge is 0.504 e. The second kappa shape index (κ2) is 10.5. The monoisotopic (exact) mass is 508 g/mol. The normalized spacial score (nSPS) is 18.5. The highest BCUT2D eigenvalue weighted by Crippen LogP contribution is 2.57. The molecule has 0 aliphatic heterocycles. The Labute approximate surface area is 216 Å². The minimum Gasteiger partial charge on any atom is -0.504 e. The summed E-state index contributed by atoms with van der Waals surface area (Å²) in [6.45, 7) is 4.05. The number of fused-ring (bicyclic) bond motifs is 3. The zero-order valence-electron chi connectivity index (χ0n) is 21.8. The van der Waals surface area contributed by atoms with Crippen molar-refractivity contribution >= 4 is 5.97 Å². The summed E-state index contributed by atoms with van der Waals surface area (Å²) < 4.78 is 28.7. The zero-order chi connectivity index (χ0) is 26.9. The van der Waals surface area contributed by atoms with Crippen LogP contribution in [-0.4, -0.2) is 44.6 Å². The van der Waals surface area contributed by atoms with Crippen LogP contribution in [0, 0.1) is 11.8 Å². The van der Waals surface area contributed by atoms with Gasteiger partial charge in [-0.2, -0.15) is 0 Å². The molecule has 1 aliphatic carbocycles. The number of carbonyl (C=O) groups is 1. The van der Waals surface area contributed by atoms with Gasteiger partial charge in [0.05, 0.1) is 34.0 Å². The van der Waals surface area contributed by atoms with Gasteiger partial charge in [0.15, 0.2) is 23.0 Å². The van der Waals surface area contributed by atoms with E-state index in [-0.39, 0.29) is 40.6 Å². The molecule has 0 saturated carbocycles. The number of hydrogen-bond acceptors (Lipinski definition) is 8. The Morgan fingerprint density at radius 2 is 1.32 bits per heavy atom. The third-order valence-corrected chi connectivity index (χ3v) is 7.08. The first kappa shape index (κ1) is 26.0. The molecule has 8 heteroatoms. The van der Waals surface area contributed by atoms with Gasteiger partial charge in [-0.3, -0.25) is 0 Å². The Hall–Kier alpha value is -4.07. The van der Waals surface area contributed by atoms with Gasteiger partial charge in [-0.15, -0.1) is 0 Å². The molecule has 0 aromatic heterocycles. The van der Waals surface area contributed by atoms with Crippen molar-refractivity contribution in [3.8, 4) is 45.6 Å². The maximum Gasteiger partial charge on any atom is 0.338 e. The van der Waals surface area contributed by atoms with Crippen molar-refractivity contribution in [3.63, 3.8) is 0 Å². The molecule has 0 bridgehead atoms. The molecule has 0 spiro atoms. The van der Waals surface area contributed by atoms with Crippen LogP contribution in [0.4, 0.5) is 0 Å². The number of phenolic OH excluding ortho intramolecular Hbond substituents is 2. The number of methoxy groups -OCH3 is 4. The summed E-state index contributed by atoms with van der Waals surface area (Å²) in [5, 5.41) is 21.7. The van der Waals surface area contributed by atoms with Gasteiger partial charge in [0, 0.05) is 22.6 Å². The van der Waals surface area contributed by atoms with E-state index in [1.54, 1.807) is 30.3 Å². The van der Waals surface area contributed by atoms with E-state index in [4.69, 9.17) is 23.7 Å². The quantitative estimate of drug-likeness (QED) is 0.419. The smallest absolute Gasteiger partial charge is 0.338 e. The molecule has 2 N–H and O–H groups in total. The highest BCUT2D eigenvalue weighted by atomic mass is 16.5. The first-order chi connectivity index (χ1) is 17.8. The number of phenols is 2. The van der Waals surface area contributed by atoms with Gasteiger partial charge in [0.2, 0.25) is 11.5 Å². The molecule has 196 valence electrons. The van der Waals surface area contributed by atoms with Crippen LogP contribution < -0.4 is 18.9 Å². The number of rotatable bonds is 6. The van der Waals surface area contributed by atoms with Gasteiger partial charge in [-0.1, -0.05) is 32.0 Å². The van der Waals surface area contributed by atoms with Crippen molar-refractivity contribution in [3.05, 3.63) is 59.2 Å². The Balaban J connectivity index is 2.08. The molecule has 1 aliphatic rings. The molecule has 0 radical (unpaired) electrons. The Morgan fingerprint density at radius 3 is 1.89 bits per heavy atom. The summed E-state index contributed by atoms with van der Waals surface area (Å²) >= 11 is 0. The first-order valence-corrected chi connectivity index (χ1v) is 12.0. The fourth-order valence-electron chi connectivity index (χ4n) is 5.07. The second-order valence-corrected chi connectivity index (χ2v) is 9.16. The van der Waals surface area contributed by atoms with Crippen molar-refractivity contribution in [1.82, 2.24) is 0 Å². The van der Waals surface area contributed by atoms with Crippen LogP contribution in [-0.2, 0) is 11.2 Å². The van der Waals surface area contributed by atoms with Crippen molar-refractivity contribution < 1.29 is 38.7 Å². The minimum absolute atomic E-state index is 0.00761. The van der Waals surface area contributed by atoms with Crippen LogP contribution in [0.1, 0.15) is 41.4 Å². The lowest BCUT2D eigenvalue weighted by Crippen LogP contribution is -2.26. The highest BCUT2D eigenvalue weighted by Gasteiger charge is 2.39. The van der Waals surface area contributed by atoms with Crippen molar-refractivity contribution in [2.24, 2.45) is 11.8 Å². The molecule has 3 atom stereocenters. The van der Waals surface area contributed by atoms with Crippen LogP contribution >= 0.6 is 0 Å². The van der Waals surface area contributed by atoms with E-state index >= 15 is 0 Å². The number of aromatic hydroxyl groups is 2. The van der Waals surface area contributed by atoms with Gasteiger partial charge >= 0.3 is 5.97 Å². The summed E-state index contributed by atoms with van der Waals surface area (Å²) in [6, 6.07) is 11.9. The molecule has 3 aromatic carbocycles. The van der Waals surface area contributed by atoms with Crippen molar-refractivity contribution in [2.45, 2.75) is 26.4 Å². The fraction of sp³-hybridized carbons (Fsp3) is 0.345. The third kappa shape index (κ3) is 4.48. The minimum atomic E-state index is -0.749. The summed E-state index contributed by atoms with van der Waals surface area (Å²) in [5.41, 5.74) is 2.84. The maximum atomic E-state index is 13.2. The van der Waals surface area contributed by atoms with Gasteiger partial charge in [-0.05, 0) is 42.2 Å². The number of hydrogen-bond donors (Lipinski definition) is 2. The molecule has 0 amide bonds. The molecule has 8 nitrogen and oxygen atoms in total. The topological polar surface area (TPSA) is 104 Å². The number of benzene rings is 3. The molecule has 0 fully saturated rings. The second-order valence-electron chi connectivity index (χ2n) is 9.16. The van der Waals surface area contributed by atoms with Gasteiger partial charge < -0.3 is 33.9 Å². The lowest BCUT2D eigenvalue weighted by molar-refractivity contribution is 0.00697. The van der Waals surface area contributed by atoms with Crippen LogP contribution in [0.5, 0.6) is 34.5 Å². The van der Waals surface area contributed by atoms with E-state index in [1.807, 2.05) is 13.0 Å². The summed E-state index contributed by atoms with van der Waals surface area (Å²) in [4.78, 5) is 13.2. The van der Waals surface area contributed by atoms with E-state index in [0.29, 0.717) is 34.4 Å². The molecular formula is C29H32O8. The van der Waals surface area contributed by atoms with Crippen LogP contribution in [0.3, 0.4) is 0 Å². The highest BCUT2D eigenvalue weighted by molar-refractivity contribution is 5.91. The first-order valence-electron chi connectivity index (χ1n) is 12.0. The van der Waals surface area contributed by atoms with E-state index in [2.05, 4.69) is 6.92 Å². The van der Waals surface area contributed by atoms with E-state index in [1.165, 1.54) is 34.5 Å². The third-order valence-electron chi connectivity index (χ3n) is 7.08. The summed E-state index contributed by atoms with van der Waals surface area (Å²) in [5.74, 6) is -0.0630. The average Bonchev–Trinajstić information content (AvgIpc) is 2.90. The molecule has 0 unspecified atom stereocenters. The van der Waals surface area contributed by atoms with Crippen molar-refractivity contribution in [2.75, 3.05) is 28.4 Å². The molecule has 37 heavy (non-hydrogen) atoms. The fourth-order valence-corrected chi connectivity index (χ4v) is 5.07. The van der Waals surface area contributed by atoms with Crippen LogP contribution in [0.2, 0.25) is 0 Å². The molecule has 4 rings (SSSR count). The molecular weight excluding hydrogens is 476 g/mol. The van der Waals surface area contributed by atoms with E-state index in [0.717, 1.165) is 5.56 Å². The lowest BCUT2D eigenvalue weighted by Gasteiger charge is -2.35. The van der Waals surface area contributed by atoms with Gasteiger partial charge in [0.25, 0.3) is 0 Å². The van der Waals surface area contributed by atoms with E-state index in [9.17, 15) is 15.0 Å². The SMILES string of the molecule is COc1c(O)cc2c(c1OC)-c1c(cc(O)c(OC)c1OC)[C@H](OC(=O)c1ccccc1)[C@H](C)[C@H](C)C2. The summed E-state index contributed by atoms with van der Waals surface area (Å²) in [7, 11) is 5.83.